The molecule has 0 bridgehead atoms. The van der Waals surface area contributed by atoms with Crippen molar-refractivity contribution >= 4 is 16.2 Å². The quantitative estimate of drug-likeness (QED) is 0.778. The zero-order chi connectivity index (χ0) is 17.0. The molecule has 23 heavy (non-hydrogen) atoms. The second-order valence-corrected chi connectivity index (χ2v) is 6.90. The minimum atomic E-state index is -3.84. The first kappa shape index (κ1) is 17.8. The van der Waals surface area contributed by atoms with Gasteiger partial charge in [0.2, 0.25) is 0 Å². The molecule has 9 heteroatoms. The molecule has 6 nitrogen and oxygen atoms in total. The summed E-state index contributed by atoms with van der Waals surface area (Å²) in [7, 11) is -2.63. The van der Waals surface area contributed by atoms with Crippen LogP contribution in [0.2, 0.25) is 0 Å². The summed E-state index contributed by atoms with van der Waals surface area (Å²) < 4.78 is 58.5. The van der Waals surface area contributed by atoms with Crippen molar-refractivity contribution in [3.8, 4) is 0 Å². The number of carbonyl (C=O) groups excluding carboxylic acids is 1. The summed E-state index contributed by atoms with van der Waals surface area (Å²) in [5.41, 5.74) is 0.470. The normalized spacial score (nSPS) is 19.0. The van der Waals surface area contributed by atoms with Crippen molar-refractivity contribution in [3.63, 3.8) is 0 Å². The molecule has 0 aromatic heterocycles. The number of ether oxygens (including phenoxy) is 1. The molecule has 1 aromatic carbocycles. The van der Waals surface area contributed by atoms with E-state index in [9.17, 15) is 22.0 Å². The number of esters is 1. The summed E-state index contributed by atoms with van der Waals surface area (Å²) in [5, 5.41) is 0. The zero-order valence-corrected chi connectivity index (χ0v) is 13.4. The van der Waals surface area contributed by atoms with E-state index in [1.807, 2.05) is 0 Å². The van der Waals surface area contributed by atoms with Gasteiger partial charge in [0.05, 0.1) is 7.11 Å². The molecule has 1 saturated heterocycles. The molecule has 0 amide bonds. The summed E-state index contributed by atoms with van der Waals surface area (Å²) in [4.78, 5) is 11.6. The summed E-state index contributed by atoms with van der Waals surface area (Å²) in [6.45, 7) is 0.248. The Morgan fingerprint density at radius 1 is 1.39 bits per heavy atom. The van der Waals surface area contributed by atoms with E-state index in [4.69, 9.17) is 0 Å². The van der Waals surface area contributed by atoms with Gasteiger partial charge in [0.1, 0.15) is 6.04 Å². The molecule has 1 heterocycles. The third kappa shape index (κ3) is 4.24. The van der Waals surface area contributed by atoms with E-state index in [0.717, 1.165) is 16.4 Å². The third-order valence-electron chi connectivity index (χ3n) is 3.67. The van der Waals surface area contributed by atoms with Gasteiger partial charge in [-0.05, 0) is 37.0 Å². The number of nitrogens with zero attached hydrogens (tertiary/aromatic N) is 1. The van der Waals surface area contributed by atoms with Crippen LogP contribution in [0.4, 0.5) is 8.78 Å². The van der Waals surface area contributed by atoms with Crippen LogP contribution in [0.3, 0.4) is 0 Å². The van der Waals surface area contributed by atoms with E-state index in [1.54, 1.807) is 0 Å². The van der Waals surface area contributed by atoms with Crippen molar-refractivity contribution in [1.82, 2.24) is 9.03 Å². The Balaban J connectivity index is 1.95. The van der Waals surface area contributed by atoms with Gasteiger partial charge < -0.3 is 4.74 Å². The lowest BCUT2D eigenvalue weighted by Gasteiger charge is -2.22. The van der Waals surface area contributed by atoms with Crippen molar-refractivity contribution in [2.24, 2.45) is 0 Å². The lowest BCUT2D eigenvalue weighted by molar-refractivity contribution is -0.144. The predicted molar refractivity (Wildman–Crippen MR) is 78.7 cm³/mol. The summed E-state index contributed by atoms with van der Waals surface area (Å²) in [6.07, 6.45) is 1.19. The zero-order valence-electron chi connectivity index (χ0n) is 12.6. The summed E-state index contributed by atoms with van der Waals surface area (Å²) >= 11 is 0. The maximum absolute atomic E-state index is 13.1. The maximum Gasteiger partial charge on any atom is 0.324 e. The number of nitrogens with one attached hydrogen (secondary N) is 1. The average molecular weight is 348 g/mol. The number of hydrogen-bond acceptors (Lipinski definition) is 4. The van der Waals surface area contributed by atoms with Crippen LogP contribution in [0, 0.1) is 11.6 Å². The van der Waals surface area contributed by atoms with Crippen LogP contribution in [0.5, 0.6) is 0 Å². The van der Waals surface area contributed by atoms with E-state index in [2.05, 4.69) is 9.46 Å². The van der Waals surface area contributed by atoms with Crippen LogP contribution in [0.25, 0.3) is 0 Å². The first-order chi connectivity index (χ1) is 10.8. The minimum Gasteiger partial charge on any atom is -0.468 e. The number of methoxy groups -OCH3 is 1. The highest BCUT2D eigenvalue weighted by Crippen LogP contribution is 2.21. The molecule has 0 unspecified atom stereocenters. The molecule has 0 aliphatic carbocycles. The van der Waals surface area contributed by atoms with Gasteiger partial charge >= 0.3 is 5.97 Å². The first-order valence-corrected chi connectivity index (χ1v) is 8.57. The lowest BCUT2D eigenvalue weighted by Crippen LogP contribution is -2.47. The molecular weight excluding hydrogens is 330 g/mol. The van der Waals surface area contributed by atoms with Crippen LogP contribution >= 0.6 is 0 Å². The molecule has 128 valence electrons. The molecule has 1 aliphatic heterocycles. The average Bonchev–Trinajstić information content (AvgIpc) is 3.00. The number of halogens is 2. The SMILES string of the molecule is COC(=O)[C@@H]1CCCN1S(=O)(=O)NCCc1ccc(F)c(F)c1. The molecule has 1 aliphatic rings. The highest BCUT2D eigenvalue weighted by Gasteiger charge is 2.39. The molecule has 1 aromatic rings. The van der Waals surface area contributed by atoms with E-state index in [1.165, 1.54) is 13.2 Å². The Hall–Kier alpha value is -1.58. The molecule has 0 spiro atoms. The Kier molecular flexibility index (Phi) is 5.66. The third-order valence-corrected chi connectivity index (χ3v) is 5.29. The van der Waals surface area contributed by atoms with Gasteiger partial charge in [0.15, 0.2) is 11.6 Å². The standard InChI is InChI=1S/C14H18F2N2O4S/c1-22-14(19)13-3-2-8-18(13)23(20,21)17-7-6-10-4-5-11(15)12(16)9-10/h4-5,9,13,17H,2-3,6-8H2,1H3/t13-/m0/s1. The van der Waals surface area contributed by atoms with Crippen molar-refractivity contribution in [3.05, 3.63) is 35.4 Å². The van der Waals surface area contributed by atoms with E-state index in [-0.39, 0.29) is 19.5 Å². The summed E-state index contributed by atoms with van der Waals surface area (Å²) in [5.74, 6) is -2.52. The van der Waals surface area contributed by atoms with Gasteiger partial charge in [-0.1, -0.05) is 6.07 Å². The highest BCUT2D eigenvalue weighted by atomic mass is 32.2. The van der Waals surface area contributed by atoms with Crippen LogP contribution in [-0.2, 0) is 26.2 Å². The first-order valence-electron chi connectivity index (χ1n) is 7.13. The number of benzene rings is 1. The van der Waals surface area contributed by atoms with Gasteiger partial charge in [0, 0.05) is 13.1 Å². The van der Waals surface area contributed by atoms with Crippen LogP contribution in [-0.4, -0.2) is 44.9 Å². The van der Waals surface area contributed by atoms with Crippen molar-refractivity contribution in [2.45, 2.75) is 25.3 Å². The Labute approximate surface area is 133 Å². The fraction of sp³-hybridized carbons (Fsp3) is 0.500. The van der Waals surface area contributed by atoms with E-state index < -0.39 is 33.9 Å². The highest BCUT2D eigenvalue weighted by molar-refractivity contribution is 7.87. The largest absolute Gasteiger partial charge is 0.468 e. The molecule has 1 atom stereocenters. The summed E-state index contributed by atoms with van der Waals surface area (Å²) in [6, 6.07) is 2.59. The van der Waals surface area contributed by atoms with Crippen molar-refractivity contribution < 1.29 is 26.7 Å². The van der Waals surface area contributed by atoms with Gasteiger partial charge in [-0.3, -0.25) is 4.79 Å². The van der Waals surface area contributed by atoms with Crippen LogP contribution in [0.1, 0.15) is 18.4 Å². The smallest absolute Gasteiger partial charge is 0.324 e. The van der Waals surface area contributed by atoms with Crippen molar-refractivity contribution in [2.75, 3.05) is 20.2 Å². The minimum absolute atomic E-state index is 0.0117. The second kappa shape index (κ2) is 7.33. The van der Waals surface area contributed by atoms with Crippen LogP contribution < -0.4 is 4.72 Å². The molecule has 0 saturated carbocycles. The Bertz CT molecular complexity index is 681. The second-order valence-electron chi connectivity index (χ2n) is 5.19. The van der Waals surface area contributed by atoms with Gasteiger partial charge in [-0.2, -0.15) is 12.7 Å². The predicted octanol–water partition coefficient (Wildman–Crippen LogP) is 0.979. The number of hydrogen-bond donors (Lipinski definition) is 1. The Morgan fingerprint density at radius 2 is 2.13 bits per heavy atom. The van der Waals surface area contributed by atoms with E-state index >= 15 is 0 Å². The molecule has 1 fully saturated rings. The monoisotopic (exact) mass is 348 g/mol. The molecule has 0 radical (unpaired) electrons. The van der Waals surface area contributed by atoms with Gasteiger partial charge in [-0.25, -0.2) is 13.5 Å². The van der Waals surface area contributed by atoms with Gasteiger partial charge in [-0.15, -0.1) is 0 Å². The van der Waals surface area contributed by atoms with Crippen LogP contribution in [0.15, 0.2) is 18.2 Å². The van der Waals surface area contributed by atoms with Gasteiger partial charge in [0.25, 0.3) is 10.2 Å². The number of rotatable bonds is 6. The van der Waals surface area contributed by atoms with Crippen molar-refractivity contribution in [1.29, 1.82) is 0 Å². The fourth-order valence-corrected chi connectivity index (χ4v) is 3.92. The molecule has 1 N–H and O–H groups in total. The lowest BCUT2D eigenvalue weighted by atomic mass is 10.1. The maximum atomic E-state index is 13.1. The number of carbonyl (C=O) groups is 1. The molecule has 2 rings (SSSR count). The topological polar surface area (TPSA) is 75.7 Å². The fourth-order valence-electron chi connectivity index (χ4n) is 2.50. The van der Waals surface area contributed by atoms with E-state index in [0.29, 0.717) is 18.4 Å². The molecular formula is C14H18F2N2O4S. The Morgan fingerprint density at radius 3 is 2.78 bits per heavy atom.